The van der Waals surface area contributed by atoms with E-state index < -0.39 is 6.09 Å². The lowest BCUT2D eigenvalue weighted by atomic mass is 10.2. The molecule has 0 radical (unpaired) electrons. The summed E-state index contributed by atoms with van der Waals surface area (Å²) in [6, 6.07) is 3.33. The lowest BCUT2D eigenvalue weighted by Gasteiger charge is -2.15. The van der Waals surface area contributed by atoms with Crippen LogP contribution in [0.15, 0.2) is 24.8 Å². The fraction of sp³-hybridized carbons (Fsp3) is 0.400. The highest BCUT2D eigenvalue weighted by atomic mass is 35.5. The molecule has 116 valence electrons. The lowest BCUT2D eigenvalue weighted by Crippen LogP contribution is -2.18. The van der Waals surface area contributed by atoms with Gasteiger partial charge in [0.15, 0.2) is 0 Å². The molecule has 0 fully saturated rings. The number of halogens is 1. The second-order valence-corrected chi connectivity index (χ2v) is 4.97. The first-order chi connectivity index (χ1) is 9.97. The maximum absolute atomic E-state index is 11.6. The summed E-state index contributed by atoms with van der Waals surface area (Å²) in [6.45, 7) is 7.78. The van der Waals surface area contributed by atoms with Gasteiger partial charge >= 0.3 is 6.09 Å². The van der Waals surface area contributed by atoms with Gasteiger partial charge in [-0.3, -0.25) is 5.32 Å². The molecule has 0 saturated carbocycles. The Bertz CT molecular complexity index is 503. The van der Waals surface area contributed by atoms with Crippen molar-refractivity contribution in [3.05, 3.63) is 35.4 Å². The molecular formula is C15H20ClNO4. The number of methoxy groups -OCH3 is 1. The minimum Gasteiger partial charge on any atom is -0.488 e. The molecule has 1 amide bonds. The number of nitrogens with one attached hydrogen (secondary N) is 1. The highest BCUT2D eigenvalue weighted by molar-refractivity contribution is 6.32. The smallest absolute Gasteiger partial charge is 0.411 e. The van der Waals surface area contributed by atoms with Crippen LogP contribution in [-0.4, -0.2) is 25.9 Å². The molecule has 0 atom stereocenters. The number of amides is 1. The number of hydrogen-bond donors (Lipinski definition) is 1. The summed E-state index contributed by atoms with van der Waals surface area (Å²) in [6.07, 6.45) is 0.886. The molecule has 6 heteroatoms. The maximum Gasteiger partial charge on any atom is 0.411 e. The summed E-state index contributed by atoms with van der Waals surface area (Å²) in [5, 5.41) is 3.00. The molecule has 0 aliphatic heterocycles. The molecule has 0 aliphatic carbocycles. The molecule has 21 heavy (non-hydrogen) atoms. The summed E-state index contributed by atoms with van der Waals surface area (Å²) in [7, 11) is 1.57. The Balaban J connectivity index is 2.96. The van der Waals surface area contributed by atoms with E-state index in [1.807, 2.05) is 0 Å². The van der Waals surface area contributed by atoms with Crippen molar-refractivity contribution in [2.75, 3.05) is 19.0 Å². The first-order valence-corrected chi connectivity index (χ1v) is 6.88. The van der Waals surface area contributed by atoms with Gasteiger partial charge in [0, 0.05) is 18.4 Å². The largest absolute Gasteiger partial charge is 0.488 e. The average Bonchev–Trinajstić information content (AvgIpc) is 2.37. The molecule has 1 aromatic rings. The second-order valence-electron chi connectivity index (χ2n) is 4.56. The van der Waals surface area contributed by atoms with Crippen LogP contribution >= 0.6 is 11.6 Å². The van der Waals surface area contributed by atoms with Crippen molar-refractivity contribution in [3.63, 3.8) is 0 Å². The first kappa shape index (κ1) is 17.3. The summed E-state index contributed by atoms with van der Waals surface area (Å²) in [5.41, 5.74) is 1.25. The van der Waals surface area contributed by atoms with Crippen LogP contribution in [0.1, 0.15) is 19.4 Å². The second kappa shape index (κ2) is 8.54. The molecule has 1 aromatic carbocycles. The fourth-order valence-corrected chi connectivity index (χ4v) is 1.94. The predicted molar refractivity (Wildman–Crippen MR) is 83.1 cm³/mol. The van der Waals surface area contributed by atoms with Crippen molar-refractivity contribution >= 4 is 23.4 Å². The Hall–Kier alpha value is -1.72. The van der Waals surface area contributed by atoms with E-state index in [1.165, 1.54) is 0 Å². The van der Waals surface area contributed by atoms with Crippen LogP contribution < -0.4 is 10.1 Å². The van der Waals surface area contributed by atoms with Crippen LogP contribution in [0.3, 0.4) is 0 Å². The molecule has 1 rings (SSSR count). The van der Waals surface area contributed by atoms with Crippen molar-refractivity contribution in [1.29, 1.82) is 0 Å². The van der Waals surface area contributed by atoms with Gasteiger partial charge in [-0.1, -0.05) is 24.3 Å². The van der Waals surface area contributed by atoms with Gasteiger partial charge in [-0.05, 0) is 26.0 Å². The average molecular weight is 314 g/mol. The molecule has 0 heterocycles. The molecule has 0 aromatic heterocycles. The van der Waals surface area contributed by atoms with Gasteiger partial charge < -0.3 is 14.2 Å². The highest BCUT2D eigenvalue weighted by Crippen LogP contribution is 2.33. The summed E-state index contributed by atoms with van der Waals surface area (Å²) in [4.78, 5) is 11.6. The number of hydrogen-bond acceptors (Lipinski definition) is 4. The SMILES string of the molecule is C=CCOc1c(Cl)cc(NC(=O)OC(C)C)cc1COC. The van der Waals surface area contributed by atoms with Crippen molar-refractivity contribution in [2.45, 2.75) is 26.6 Å². The fourth-order valence-electron chi connectivity index (χ4n) is 1.65. The van der Waals surface area contributed by atoms with E-state index in [-0.39, 0.29) is 6.10 Å². The Morgan fingerprint density at radius 2 is 2.19 bits per heavy atom. The Kier molecular flexibility index (Phi) is 7.05. The van der Waals surface area contributed by atoms with E-state index in [0.29, 0.717) is 29.7 Å². The Morgan fingerprint density at radius 3 is 2.76 bits per heavy atom. The Labute approximate surface area is 129 Å². The molecular weight excluding hydrogens is 294 g/mol. The van der Waals surface area contributed by atoms with Crippen LogP contribution in [0.25, 0.3) is 0 Å². The van der Waals surface area contributed by atoms with E-state index in [4.69, 9.17) is 25.8 Å². The van der Waals surface area contributed by atoms with Gasteiger partial charge in [-0.15, -0.1) is 0 Å². The highest BCUT2D eigenvalue weighted by Gasteiger charge is 2.13. The van der Waals surface area contributed by atoms with Crippen LogP contribution in [0.4, 0.5) is 10.5 Å². The van der Waals surface area contributed by atoms with Gasteiger partial charge in [-0.2, -0.15) is 0 Å². The lowest BCUT2D eigenvalue weighted by molar-refractivity contribution is 0.130. The van der Waals surface area contributed by atoms with Gasteiger partial charge in [0.1, 0.15) is 12.4 Å². The molecule has 5 nitrogen and oxygen atoms in total. The molecule has 0 bridgehead atoms. The van der Waals surface area contributed by atoms with Gasteiger partial charge in [0.05, 0.1) is 17.7 Å². The van der Waals surface area contributed by atoms with Crippen LogP contribution in [-0.2, 0) is 16.1 Å². The number of rotatable bonds is 7. The summed E-state index contributed by atoms with van der Waals surface area (Å²) in [5.74, 6) is 0.515. The zero-order valence-corrected chi connectivity index (χ0v) is 13.2. The van der Waals surface area contributed by atoms with Crippen molar-refractivity contribution in [2.24, 2.45) is 0 Å². The van der Waals surface area contributed by atoms with Crippen molar-refractivity contribution in [1.82, 2.24) is 0 Å². The van der Waals surface area contributed by atoms with Crippen molar-refractivity contribution < 1.29 is 19.0 Å². The van der Waals surface area contributed by atoms with E-state index in [0.717, 1.165) is 5.56 Å². The monoisotopic (exact) mass is 313 g/mol. The third-order valence-corrected chi connectivity index (χ3v) is 2.64. The molecule has 0 spiro atoms. The standard InChI is InChI=1S/C15H20ClNO4/c1-5-6-20-14-11(9-19-4)7-12(8-13(14)16)17-15(18)21-10(2)3/h5,7-8,10H,1,6,9H2,2-4H3,(H,17,18). The zero-order valence-electron chi connectivity index (χ0n) is 12.4. The maximum atomic E-state index is 11.6. The number of carbonyl (C=O) groups excluding carboxylic acids is 1. The molecule has 0 unspecified atom stereocenters. The summed E-state index contributed by atoms with van der Waals surface area (Å²) < 4.78 is 15.7. The minimum atomic E-state index is -0.538. The van der Waals surface area contributed by atoms with Crippen LogP contribution in [0, 0.1) is 0 Å². The molecule has 1 N–H and O–H groups in total. The molecule has 0 saturated heterocycles. The first-order valence-electron chi connectivity index (χ1n) is 6.50. The summed E-state index contributed by atoms with van der Waals surface area (Å²) >= 11 is 6.19. The van der Waals surface area contributed by atoms with Gasteiger partial charge in [0.25, 0.3) is 0 Å². The zero-order chi connectivity index (χ0) is 15.8. The predicted octanol–water partition coefficient (Wildman–Crippen LogP) is 4.01. The van der Waals surface area contributed by atoms with Gasteiger partial charge in [0.2, 0.25) is 0 Å². The number of benzene rings is 1. The van der Waals surface area contributed by atoms with E-state index in [9.17, 15) is 4.79 Å². The van der Waals surface area contributed by atoms with Crippen LogP contribution in [0.2, 0.25) is 5.02 Å². The van der Waals surface area contributed by atoms with Gasteiger partial charge in [-0.25, -0.2) is 4.79 Å². The molecule has 0 aliphatic rings. The normalized spacial score (nSPS) is 10.3. The number of carbonyl (C=O) groups is 1. The van der Waals surface area contributed by atoms with Crippen molar-refractivity contribution in [3.8, 4) is 5.75 Å². The minimum absolute atomic E-state index is 0.200. The van der Waals surface area contributed by atoms with E-state index in [1.54, 1.807) is 39.2 Å². The third-order valence-electron chi connectivity index (χ3n) is 2.36. The van der Waals surface area contributed by atoms with Crippen LogP contribution in [0.5, 0.6) is 5.75 Å². The number of anilines is 1. The third kappa shape index (κ3) is 5.65. The number of ether oxygens (including phenoxy) is 3. The quantitative estimate of drug-likeness (QED) is 0.773. The van der Waals surface area contributed by atoms with E-state index in [2.05, 4.69) is 11.9 Å². The Morgan fingerprint density at radius 1 is 1.48 bits per heavy atom. The topological polar surface area (TPSA) is 56.8 Å². The van der Waals surface area contributed by atoms with E-state index >= 15 is 0 Å².